The van der Waals surface area contributed by atoms with Crippen molar-refractivity contribution in [1.82, 2.24) is 0 Å². The second kappa shape index (κ2) is 3.67. The molecule has 0 spiro atoms. The Morgan fingerprint density at radius 2 is 2.36 bits per heavy atom. The highest BCUT2D eigenvalue weighted by Gasteiger charge is 2.27. The molecule has 1 atom stereocenters. The number of hydrogen-bond acceptors (Lipinski definition) is 4. The van der Waals surface area contributed by atoms with Crippen molar-refractivity contribution in [3.05, 3.63) is 27.1 Å². The summed E-state index contributed by atoms with van der Waals surface area (Å²) < 4.78 is 0. The van der Waals surface area contributed by atoms with Crippen molar-refractivity contribution in [2.24, 2.45) is 11.7 Å². The van der Waals surface area contributed by atoms with Gasteiger partial charge in [-0.25, -0.2) is 0 Å². The minimum atomic E-state index is -0.359. The van der Waals surface area contributed by atoms with Crippen molar-refractivity contribution >= 4 is 16.3 Å². The lowest BCUT2D eigenvalue weighted by Gasteiger charge is -2.30. The second-order valence-corrected chi connectivity index (χ2v) is 4.58. The first-order chi connectivity index (χ1) is 6.68. The van der Waals surface area contributed by atoms with E-state index < -0.39 is 0 Å². The lowest BCUT2D eigenvalue weighted by molar-refractivity contribution is -0.380. The van der Waals surface area contributed by atoms with Crippen LogP contribution in [-0.4, -0.2) is 4.92 Å². The maximum atomic E-state index is 10.5. The smallest absolute Gasteiger partial charge is 0.324 e. The van der Waals surface area contributed by atoms with E-state index in [-0.39, 0.29) is 16.0 Å². The van der Waals surface area contributed by atoms with Crippen molar-refractivity contribution in [2.75, 3.05) is 0 Å². The van der Waals surface area contributed by atoms with Gasteiger partial charge in [0.25, 0.3) is 0 Å². The van der Waals surface area contributed by atoms with Crippen molar-refractivity contribution in [2.45, 2.75) is 25.3 Å². The van der Waals surface area contributed by atoms with Crippen LogP contribution >= 0.6 is 11.3 Å². The first-order valence-corrected chi connectivity index (χ1v) is 5.55. The second-order valence-electron chi connectivity index (χ2n) is 3.69. The Hall–Kier alpha value is -0.940. The minimum Gasteiger partial charge on any atom is -0.324 e. The fraction of sp³-hybridized carbons (Fsp3) is 0.556. The summed E-state index contributed by atoms with van der Waals surface area (Å²) in [6, 6.07) is 1.60. The Labute approximate surface area is 85.9 Å². The number of nitro groups is 1. The van der Waals surface area contributed by atoms with Crippen molar-refractivity contribution in [1.29, 1.82) is 0 Å². The molecule has 0 amide bonds. The van der Waals surface area contributed by atoms with E-state index in [1.54, 1.807) is 11.4 Å². The first kappa shape index (κ1) is 9.61. The highest BCUT2D eigenvalue weighted by atomic mass is 32.1. The molecule has 1 aromatic rings. The molecule has 1 unspecified atom stereocenters. The summed E-state index contributed by atoms with van der Waals surface area (Å²) in [7, 11) is 0. The Bertz CT molecular complexity index is 346. The quantitative estimate of drug-likeness (QED) is 0.618. The molecule has 0 radical (unpaired) electrons. The molecule has 1 aromatic heterocycles. The van der Waals surface area contributed by atoms with Crippen molar-refractivity contribution in [3.8, 4) is 0 Å². The zero-order chi connectivity index (χ0) is 10.1. The van der Waals surface area contributed by atoms with Gasteiger partial charge in [-0.2, -0.15) is 0 Å². The molecule has 2 rings (SSSR count). The van der Waals surface area contributed by atoms with E-state index in [4.69, 9.17) is 5.73 Å². The lowest BCUT2D eigenvalue weighted by Crippen LogP contribution is -2.26. The SMILES string of the molecule is NC(c1csc([N+](=O)[O-])c1)C1CCC1. The predicted molar refractivity (Wildman–Crippen MR) is 55.2 cm³/mol. The first-order valence-electron chi connectivity index (χ1n) is 4.67. The zero-order valence-electron chi connectivity index (χ0n) is 7.68. The summed E-state index contributed by atoms with van der Waals surface area (Å²) in [5.74, 6) is 0.532. The summed E-state index contributed by atoms with van der Waals surface area (Å²) >= 11 is 1.16. The van der Waals surface area contributed by atoms with Gasteiger partial charge in [0.15, 0.2) is 0 Å². The number of thiophene rings is 1. The highest BCUT2D eigenvalue weighted by Crippen LogP contribution is 2.38. The zero-order valence-corrected chi connectivity index (χ0v) is 8.50. The Morgan fingerprint density at radius 1 is 1.64 bits per heavy atom. The Kier molecular flexibility index (Phi) is 2.52. The molecule has 0 aromatic carbocycles. The van der Waals surface area contributed by atoms with Gasteiger partial charge in [0.1, 0.15) is 0 Å². The summed E-state index contributed by atoms with van der Waals surface area (Å²) in [6.07, 6.45) is 3.56. The van der Waals surface area contributed by atoms with E-state index in [2.05, 4.69) is 0 Å². The monoisotopic (exact) mass is 212 g/mol. The van der Waals surface area contributed by atoms with Crippen LogP contribution in [0.5, 0.6) is 0 Å². The number of nitrogens with zero attached hydrogens (tertiary/aromatic N) is 1. The maximum absolute atomic E-state index is 10.5. The largest absolute Gasteiger partial charge is 0.324 e. The molecule has 14 heavy (non-hydrogen) atoms. The van der Waals surface area contributed by atoms with E-state index in [1.165, 1.54) is 6.42 Å². The molecule has 5 heteroatoms. The van der Waals surface area contributed by atoms with E-state index >= 15 is 0 Å². The van der Waals surface area contributed by atoms with Crippen molar-refractivity contribution in [3.63, 3.8) is 0 Å². The Balaban J connectivity index is 2.11. The fourth-order valence-corrected chi connectivity index (χ4v) is 2.45. The molecule has 1 aliphatic rings. The average molecular weight is 212 g/mol. The summed E-state index contributed by atoms with van der Waals surface area (Å²) in [4.78, 5) is 10.1. The molecule has 1 saturated carbocycles. The fourth-order valence-electron chi connectivity index (χ4n) is 1.68. The van der Waals surface area contributed by atoms with Gasteiger partial charge in [-0.1, -0.05) is 17.8 Å². The molecule has 1 heterocycles. The van der Waals surface area contributed by atoms with Crippen LogP contribution in [0.1, 0.15) is 30.9 Å². The van der Waals surface area contributed by atoms with Gasteiger partial charge in [0.05, 0.1) is 4.92 Å². The minimum absolute atomic E-state index is 0.00583. The van der Waals surface area contributed by atoms with Gasteiger partial charge in [0, 0.05) is 17.5 Å². The van der Waals surface area contributed by atoms with Crippen LogP contribution in [0, 0.1) is 16.0 Å². The number of hydrogen-bond donors (Lipinski definition) is 1. The molecule has 1 fully saturated rings. The van der Waals surface area contributed by atoms with Crippen molar-refractivity contribution < 1.29 is 4.92 Å². The molecule has 4 nitrogen and oxygen atoms in total. The lowest BCUT2D eigenvalue weighted by atomic mass is 9.78. The van der Waals surface area contributed by atoms with Gasteiger partial charge in [-0.3, -0.25) is 10.1 Å². The normalized spacial score (nSPS) is 18.9. The molecule has 76 valence electrons. The molecule has 0 saturated heterocycles. The van der Waals surface area contributed by atoms with Crippen LogP contribution in [0.3, 0.4) is 0 Å². The van der Waals surface area contributed by atoms with Gasteiger partial charge in [-0.15, -0.1) is 0 Å². The summed E-state index contributed by atoms with van der Waals surface area (Å²) in [6.45, 7) is 0. The maximum Gasteiger partial charge on any atom is 0.324 e. The number of nitrogens with two attached hydrogens (primary N) is 1. The molecule has 1 aliphatic carbocycles. The predicted octanol–water partition coefficient (Wildman–Crippen LogP) is 2.46. The molecular formula is C9H12N2O2S. The van der Waals surface area contributed by atoms with Crippen LogP contribution in [0.15, 0.2) is 11.4 Å². The van der Waals surface area contributed by atoms with E-state index in [9.17, 15) is 10.1 Å². The molecule has 0 aliphatic heterocycles. The van der Waals surface area contributed by atoms with E-state index in [1.807, 2.05) is 0 Å². The molecular weight excluding hydrogens is 200 g/mol. The van der Waals surface area contributed by atoms with Crippen LogP contribution in [0.4, 0.5) is 5.00 Å². The number of rotatable bonds is 3. The van der Waals surface area contributed by atoms with E-state index in [0.29, 0.717) is 5.92 Å². The van der Waals surface area contributed by atoms with Gasteiger partial charge in [0.2, 0.25) is 0 Å². The highest BCUT2D eigenvalue weighted by molar-refractivity contribution is 7.13. The van der Waals surface area contributed by atoms with E-state index in [0.717, 1.165) is 29.7 Å². The third-order valence-electron chi connectivity index (χ3n) is 2.83. The van der Waals surface area contributed by atoms with Gasteiger partial charge < -0.3 is 5.73 Å². The Morgan fingerprint density at radius 3 is 2.79 bits per heavy atom. The summed E-state index contributed by atoms with van der Waals surface area (Å²) in [5.41, 5.74) is 6.92. The standard InChI is InChI=1S/C9H12N2O2S/c10-9(6-2-1-3-6)7-4-8(11(12)13)14-5-7/h4-6,9H,1-3,10H2. The van der Waals surface area contributed by atoms with Crippen LogP contribution in [0.2, 0.25) is 0 Å². The molecule has 0 bridgehead atoms. The van der Waals surface area contributed by atoms with Gasteiger partial charge in [-0.05, 0) is 24.3 Å². The molecule has 2 N–H and O–H groups in total. The van der Waals surface area contributed by atoms with Crippen LogP contribution < -0.4 is 5.73 Å². The van der Waals surface area contributed by atoms with Crippen LogP contribution in [0.25, 0.3) is 0 Å². The van der Waals surface area contributed by atoms with Gasteiger partial charge >= 0.3 is 5.00 Å². The summed E-state index contributed by atoms with van der Waals surface area (Å²) in [5, 5.41) is 12.5. The van der Waals surface area contributed by atoms with Crippen LogP contribution in [-0.2, 0) is 0 Å². The topological polar surface area (TPSA) is 69.2 Å². The average Bonchev–Trinajstić information content (AvgIpc) is 2.48. The third kappa shape index (κ3) is 1.65. The third-order valence-corrected chi connectivity index (χ3v) is 3.73.